The van der Waals surface area contributed by atoms with Gasteiger partial charge in [-0.2, -0.15) is 0 Å². The summed E-state index contributed by atoms with van der Waals surface area (Å²) in [6.45, 7) is 7.02. The average molecular weight is 586 g/mol. The summed E-state index contributed by atoms with van der Waals surface area (Å²) in [6, 6.07) is 21.8. The van der Waals surface area contributed by atoms with E-state index in [1.54, 1.807) is 48.5 Å². The van der Waals surface area contributed by atoms with Gasteiger partial charge >= 0.3 is 0 Å². The van der Waals surface area contributed by atoms with Gasteiger partial charge in [0.05, 0.1) is 11.9 Å². The molecule has 0 aromatic heterocycles. The fourth-order valence-corrected chi connectivity index (χ4v) is 5.05. The lowest BCUT2D eigenvalue weighted by molar-refractivity contribution is -0.141. The van der Waals surface area contributed by atoms with Crippen molar-refractivity contribution in [1.29, 1.82) is 0 Å². The van der Waals surface area contributed by atoms with Gasteiger partial charge in [0.15, 0.2) is 0 Å². The third-order valence-corrected chi connectivity index (χ3v) is 7.33. The van der Waals surface area contributed by atoms with Gasteiger partial charge in [-0.3, -0.25) is 13.9 Å². The Balaban J connectivity index is 1.90. The van der Waals surface area contributed by atoms with Crippen molar-refractivity contribution in [3.63, 3.8) is 0 Å². The highest BCUT2D eigenvalue weighted by atomic mass is 35.5. The summed E-state index contributed by atoms with van der Waals surface area (Å²) in [5.41, 5.74) is 0.546. The highest BCUT2D eigenvalue weighted by Gasteiger charge is 2.33. The van der Waals surface area contributed by atoms with E-state index in [1.165, 1.54) is 4.90 Å². The highest BCUT2D eigenvalue weighted by molar-refractivity contribution is 7.92. The van der Waals surface area contributed by atoms with Crippen LogP contribution >= 0.6 is 11.6 Å². The predicted octanol–water partition coefficient (Wildman–Crippen LogP) is 5.62. The number of hydrogen-bond acceptors (Lipinski definition) is 5. The molecular formula is C30H36ClN3O5S. The molecule has 0 spiro atoms. The Hall–Kier alpha value is -3.56. The first-order valence-corrected chi connectivity index (χ1v) is 15.2. The van der Waals surface area contributed by atoms with Crippen LogP contribution < -0.4 is 14.4 Å². The molecule has 40 heavy (non-hydrogen) atoms. The number of ether oxygens (including phenoxy) is 1. The normalized spacial score (nSPS) is 12.3. The van der Waals surface area contributed by atoms with Crippen LogP contribution in [0.3, 0.4) is 0 Å². The molecule has 8 nitrogen and oxygen atoms in total. The molecule has 3 rings (SSSR count). The number of carbonyl (C=O) groups excluding carboxylic acids is 2. The third kappa shape index (κ3) is 8.99. The number of carbonyl (C=O) groups is 2. The molecule has 0 unspecified atom stereocenters. The number of sulfonamides is 1. The molecule has 0 radical (unpaired) electrons. The van der Waals surface area contributed by atoms with E-state index in [2.05, 4.69) is 5.32 Å². The van der Waals surface area contributed by atoms with Crippen molar-refractivity contribution in [3.05, 3.63) is 89.4 Å². The van der Waals surface area contributed by atoms with E-state index < -0.39 is 34.1 Å². The number of rotatable bonds is 11. The van der Waals surface area contributed by atoms with Crippen LogP contribution in [0.1, 0.15) is 39.7 Å². The first-order valence-electron chi connectivity index (χ1n) is 12.9. The summed E-state index contributed by atoms with van der Waals surface area (Å²) < 4.78 is 32.5. The van der Waals surface area contributed by atoms with Crippen LogP contribution in [-0.4, -0.2) is 49.5 Å². The number of anilines is 1. The fraction of sp³-hybridized carbons (Fsp3) is 0.333. The van der Waals surface area contributed by atoms with Crippen molar-refractivity contribution in [2.24, 2.45) is 0 Å². The van der Waals surface area contributed by atoms with Crippen molar-refractivity contribution in [2.75, 3.05) is 17.1 Å². The number of benzene rings is 3. The van der Waals surface area contributed by atoms with Gasteiger partial charge in [-0.1, -0.05) is 48.9 Å². The van der Waals surface area contributed by atoms with Gasteiger partial charge in [0.1, 0.15) is 24.1 Å². The zero-order valence-electron chi connectivity index (χ0n) is 23.4. The van der Waals surface area contributed by atoms with Gasteiger partial charge in [-0.05, 0) is 81.3 Å². The fourth-order valence-electron chi connectivity index (χ4n) is 4.08. The van der Waals surface area contributed by atoms with Crippen LogP contribution in [-0.2, 0) is 26.2 Å². The molecule has 0 aliphatic carbocycles. The minimum atomic E-state index is -3.85. The maximum absolute atomic E-state index is 13.8. The van der Waals surface area contributed by atoms with Crippen molar-refractivity contribution in [2.45, 2.75) is 52.2 Å². The molecular weight excluding hydrogens is 550 g/mol. The Morgan fingerprint density at radius 2 is 1.50 bits per heavy atom. The highest BCUT2D eigenvalue weighted by Crippen LogP contribution is 2.26. The van der Waals surface area contributed by atoms with Gasteiger partial charge in [-0.25, -0.2) is 8.42 Å². The van der Waals surface area contributed by atoms with Crippen LogP contribution in [0.25, 0.3) is 0 Å². The predicted molar refractivity (Wildman–Crippen MR) is 159 cm³/mol. The summed E-state index contributed by atoms with van der Waals surface area (Å²) >= 11 is 6.04. The lowest BCUT2D eigenvalue weighted by atomic mass is 10.1. The molecule has 3 aromatic rings. The number of hydrogen-bond donors (Lipinski definition) is 1. The molecule has 3 aromatic carbocycles. The van der Waals surface area contributed by atoms with Crippen LogP contribution in [0.15, 0.2) is 78.9 Å². The monoisotopic (exact) mass is 585 g/mol. The maximum atomic E-state index is 13.8. The van der Waals surface area contributed by atoms with Crippen LogP contribution in [0.4, 0.5) is 5.69 Å². The zero-order valence-corrected chi connectivity index (χ0v) is 25.0. The van der Waals surface area contributed by atoms with E-state index >= 15 is 0 Å². The first-order chi connectivity index (χ1) is 18.8. The average Bonchev–Trinajstić information content (AvgIpc) is 2.87. The first kappa shape index (κ1) is 31.0. The minimum absolute atomic E-state index is 0.105. The zero-order chi connectivity index (χ0) is 29.5. The van der Waals surface area contributed by atoms with Gasteiger partial charge in [-0.15, -0.1) is 0 Å². The summed E-state index contributed by atoms with van der Waals surface area (Å²) in [4.78, 5) is 28.5. The molecule has 0 aliphatic rings. The Labute approximate surface area is 241 Å². The second kappa shape index (κ2) is 13.2. The number of halogens is 1. The van der Waals surface area contributed by atoms with E-state index in [1.807, 2.05) is 58.0 Å². The van der Waals surface area contributed by atoms with Gasteiger partial charge < -0.3 is 15.0 Å². The Morgan fingerprint density at radius 3 is 2.02 bits per heavy atom. The van der Waals surface area contributed by atoms with E-state index in [0.717, 1.165) is 16.1 Å². The second-order valence-corrected chi connectivity index (χ2v) is 12.8. The Morgan fingerprint density at radius 1 is 0.925 bits per heavy atom. The summed E-state index contributed by atoms with van der Waals surface area (Å²) in [7, 11) is -3.85. The van der Waals surface area contributed by atoms with Gasteiger partial charge in [0.25, 0.3) is 0 Å². The summed E-state index contributed by atoms with van der Waals surface area (Å²) in [5, 5.41) is 3.49. The number of amides is 2. The van der Waals surface area contributed by atoms with Crippen molar-refractivity contribution >= 4 is 39.1 Å². The molecule has 0 aliphatic heterocycles. The molecule has 1 N–H and O–H groups in total. The van der Waals surface area contributed by atoms with Crippen LogP contribution in [0, 0.1) is 0 Å². The van der Waals surface area contributed by atoms with Crippen LogP contribution in [0.2, 0.25) is 5.02 Å². The molecule has 0 saturated heterocycles. The molecule has 0 fully saturated rings. The standard InChI is InChI=1S/C30H36ClN3O5S/c1-6-27(29(36)32-30(2,3)4)33(20-22-12-14-23(31)15-13-22)28(35)21-34(40(5,37)38)24-16-18-26(19-17-24)39-25-10-8-7-9-11-25/h7-19,27H,6,20-21H2,1-5H3,(H,32,36)/t27-/m1/s1. The van der Waals surface area contributed by atoms with E-state index in [4.69, 9.17) is 16.3 Å². The molecule has 2 amide bonds. The molecule has 0 bridgehead atoms. The molecule has 214 valence electrons. The number of nitrogens with one attached hydrogen (secondary N) is 1. The summed E-state index contributed by atoms with van der Waals surface area (Å²) in [6.07, 6.45) is 1.38. The second-order valence-electron chi connectivity index (χ2n) is 10.5. The van der Waals surface area contributed by atoms with Crippen molar-refractivity contribution in [1.82, 2.24) is 10.2 Å². The van der Waals surface area contributed by atoms with E-state index in [0.29, 0.717) is 28.6 Å². The number of nitrogens with zero attached hydrogens (tertiary/aromatic N) is 2. The lowest BCUT2D eigenvalue weighted by Crippen LogP contribution is -2.55. The van der Waals surface area contributed by atoms with E-state index in [9.17, 15) is 18.0 Å². The van der Waals surface area contributed by atoms with E-state index in [-0.39, 0.29) is 12.5 Å². The molecule has 10 heteroatoms. The quantitative estimate of drug-likeness (QED) is 0.315. The number of para-hydroxylation sites is 1. The smallest absolute Gasteiger partial charge is 0.244 e. The minimum Gasteiger partial charge on any atom is -0.457 e. The van der Waals surface area contributed by atoms with Crippen molar-refractivity contribution < 1.29 is 22.7 Å². The topological polar surface area (TPSA) is 96.0 Å². The van der Waals surface area contributed by atoms with Gasteiger partial charge in [0, 0.05) is 17.1 Å². The largest absolute Gasteiger partial charge is 0.457 e. The van der Waals surface area contributed by atoms with Crippen molar-refractivity contribution in [3.8, 4) is 11.5 Å². The molecule has 0 heterocycles. The van der Waals surface area contributed by atoms with Crippen LogP contribution in [0.5, 0.6) is 11.5 Å². The summed E-state index contributed by atoms with van der Waals surface area (Å²) in [5.74, 6) is 0.331. The molecule has 1 atom stereocenters. The molecule has 0 saturated carbocycles. The van der Waals surface area contributed by atoms with Gasteiger partial charge in [0.2, 0.25) is 21.8 Å². The SMILES string of the molecule is CC[C@H](C(=O)NC(C)(C)C)N(Cc1ccc(Cl)cc1)C(=O)CN(c1ccc(Oc2ccccc2)cc1)S(C)(=O)=O. The Kier molecular flexibility index (Phi) is 10.2. The Bertz CT molecular complexity index is 1390. The maximum Gasteiger partial charge on any atom is 0.244 e. The third-order valence-electron chi connectivity index (χ3n) is 5.93. The lowest BCUT2D eigenvalue weighted by Gasteiger charge is -2.34.